The van der Waals surface area contributed by atoms with E-state index < -0.39 is 38.4 Å². The van der Waals surface area contributed by atoms with Gasteiger partial charge in [-0.05, 0) is 39.0 Å². The zero-order valence-corrected chi connectivity index (χ0v) is 16.6. The highest BCUT2D eigenvalue weighted by Gasteiger charge is 2.40. The van der Waals surface area contributed by atoms with Gasteiger partial charge in [-0.15, -0.1) is 0 Å². The summed E-state index contributed by atoms with van der Waals surface area (Å²) in [7, 11) is -4.40. The highest BCUT2D eigenvalue weighted by molar-refractivity contribution is 7.89. The normalized spacial score (nSPS) is 17.1. The minimum atomic E-state index is -4.87. The molecule has 1 amide bonds. The summed E-state index contributed by atoms with van der Waals surface area (Å²) < 4.78 is 71.3. The van der Waals surface area contributed by atoms with Gasteiger partial charge in [-0.1, -0.05) is 11.6 Å². The number of carbonyl (C=O) groups excluding carboxylic acids is 1. The summed E-state index contributed by atoms with van der Waals surface area (Å²) in [5, 5.41) is -0.212. The van der Waals surface area contributed by atoms with Crippen molar-refractivity contribution in [3.63, 3.8) is 0 Å². The number of sulfonamides is 1. The SMILES string of the molecule is CC(C)(C)OC(=O)N1CCN(S(=O)(=O)c2ccc(Cl)cc2C(F)(F)F)CC1. The molecule has 6 nitrogen and oxygen atoms in total. The quantitative estimate of drug-likeness (QED) is 0.721. The summed E-state index contributed by atoms with van der Waals surface area (Å²) in [5.41, 5.74) is -2.02. The van der Waals surface area contributed by atoms with Crippen LogP contribution in [0.2, 0.25) is 5.02 Å². The smallest absolute Gasteiger partial charge is 0.417 e. The zero-order valence-electron chi connectivity index (χ0n) is 15.0. The van der Waals surface area contributed by atoms with E-state index in [2.05, 4.69) is 0 Å². The number of hydrogen-bond acceptors (Lipinski definition) is 4. The lowest BCUT2D eigenvalue weighted by Gasteiger charge is -2.35. The molecule has 1 aromatic carbocycles. The lowest BCUT2D eigenvalue weighted by molar-refractivity contribution is -0.139. The summed E-state index contributed by atoms with van der Waals surface area (Å²) in [6.45, 7) is 4.86. The lowest BCUT2D eigenvalue weighted by atomic mass is 10.2. The molecule has 0 saturated carbocycles. The van der Waals surface area contributed by atoms with Crippen molar-refractivity contribution in [2.75, 3.05) is 26.2 Å². The van der Waals surface area contributed by atoms with Crippen molar-refractivity contribution < 1.29 is 31.1 Å². The van der Waals surface area contributed by atoms with Crippen molar-refractivity contribution in [2.45, 2.75) is 37.4 Å². The van der Waals surface area contributed by atoms with Crippen LogP contribution in [0.15, 0.2) is 23.1 Å². The van der Waals surface area contributed by atoms with E-state index in [1.165, 1.54) is 4.90 Å². The molecule has 0 aromatic heterocycles. The Morgan fingerprint density at radius 3 is 2.15 bits per heavy atom. The van der Waals surface area contributed by atoms with E-state index in [-0.39, 0.29) is 31.2 Å². The summed E-state index contributed by atoms with van der Waals surface area (Å²) in [6.07, 6.45) is -5.46. The Bertz CT molecular complexity index is 814. The van der Waals surface area contributed by atoms with Crippen molar-refractivity contribution in [2.24, 2.45) is 0 Å². The van der Waals surface area contributed by atoms with Gasteiger partial charge in [0.1, 0.15) is 5.60 Å². The third kappa shape index (κ3) is 5.26. The fraction of sp³-hybridized carbons (Fsp3) is 0.562. The van der Waals surface area contributed by atoms with E-state index in [9.17, 15) is 26.4 Å². The maximum atomic E-state index is 13.2. The summed E-state index contributed by atoms with van der Waals surface area (Å²) in [5.74, 6) is 0. The first-order valence-corrected chi connectivity index (χ1v) is 9.88. The molecule has 0 spiro atoms. The topological polar surface area (TPSA) is 66.9 Å². The maximum absolute atomic E-state index is 13.2. The third-order valence-electron chi connectivity index (χ3n) is 3.76. The first-order valence-electron chi connectivity index (χ1n) is 8.06. The fourth-order valence-electron chi connectivity index (χ4n) is 2.53. The van der Waals surface area contributed by atoms with Gasteiger partial charge in [0, 0.05) is 31.2 Å². The number of nitrogens with zero attached hydrogens (tertiary/aromatic N) is 2. The molecule has 0 N–H and O–H groups in total. The number of ether oxygens (including phenoxy) is 1. The van der Waals surface area contributed by atoms with Crippen LogP contribution in [0.3, 0.4) is 0 Å². The summed E-state index contributed by atoms with van der Waals surface area (Å²) in [6, 6.07) is 2.53. The van der Waals surface area contributed by atoms with Crippen LogP contribution in [-0.4, -0.2) is 55.5 Å². The van der Waals surface area contributed by atoms with Crippen molar-refractivity contribution >= 4 is 27.7 Å². The van der Waals surface area contributed by atoms with Crippen LogP contribution >= 0.6 is 11.6 Å². The van der Waals surface area contributed by atoms with E-state index in [1.54, 1.807) is 20.8 Å². The number of alkyl halides is 3. The molecule has 11 heteroatoms. The highest BCUT2D eigenvalue weighted by Crippen LogP contribution is 2.37. The molecule has 0 radical (unpaired) electrons. The van der Waals surface area contributed by atoms with E-state index in [0.717, 1.165) is 16.4 Å². The Morgan fingerprint density at radius 2 is 1.67 bits per heavy atom. The van der Waals surface area contributed by atoms with E-state index in [1.807, 2.05) is 0 Å². The molecular formula is C16H20ClF3N2O4S. The van der Waals surface area contributed by atoms with Crippen LogP contribution in [0.25, 0.3) is 0 Å². The molecule has 1 heterocycles. The molecule has 0 aliphatic carbocycles. The van der Waals surface area contributed by atoms with Gasteiger partial charge in [0.2, 0.25) is 10.0 Å². The minimum absolute atomic E-state index is 0.0169. The Labute approximate surface area is 160 Å². The van der Waals surface area contributed by atoms with Gasteiger partial charge in [0.25, 0.3) is 0 Å². The largest absolute Gasteiger partial charge is 0.444 e. The second-order valence-electron chi connectivity index (χ2n) is 7.01. The molecule has 1 aromatic rings. The van der Waals surface area contributed by atoms with Crippen molar-refractivity contribution in [1.29, 1.82) is 0 Å². The monoisotopic (exact) mass is 428 g/mol. The van der Waals surface area contributed by atoms with Gasteiger partial charge in [-0.2, -0.15) is 17.5 Å². The summed E-state index contributed by atoms with van der Waals surface area (Å²) >= 11 is 5.60. The first kappa shape index (κ1) is 21.8. The second-order valence-corrected chi connectivity index (χ2v) is 9.35. The Kier molecular flexibility index (Phi) is 6.03. The van der Waals surface area contributed by atoms with Crippen LogP contribution in [0.1, 0.15) is 26.3 Å². The van der Waals surface area contributed by atoms with Crippen molar-refractivity contribution in [3.8, 4) is 0 Å². The van der Waals surface area contributed by atoms with Gasteiger partial charge in [0.05, 0.1) is 10.5 Å². The molecule has 27 heavy (non-hydrogen) atoms. The standard InChI is InChI=1S/C16H20ClF3N2O4S/c1-15(2,3)26-14(23)21-6-8-22(9-7-21)27(24,25)13-5-4-11(17)10-12(13)16(18,19)20/h4-5,10H,6-9H2,1-3H3. The van der Waals surface area contributed by atoms with Gasteiger partial charge in [-0.25, -0.2) is 13.2 Å². The predicted octanol–water partition coefficient (Wildman–Crippen LogP) is 3.60. The molecule has 152 valence electrons. The molecule has 0 unspecified atom stereocenters. The molecule has 0 bridgehead atoms. The lowest BCUT2D eigenvalue weighted by Crippen LogP contribution is -2.51. The number of amides is 1. The number of piperazine rings is 1. The van der Waals surface area contributed by atoms with Gasteiger partial charge >= 0.3 is 12.3 Å². The first-order chi connectivity index (χ1) is 12.2. The minimum Gasteiger partial charge on any atom is -0.444 e. The van der Waals surface area contributed by atoms with E-state index in [4.69, 9.17) is 16.3 Å². The Morgan fingerprint density at radius 1 is 1.11 bits per heavy atom. The number of carbonyl (C=O) groups is 1. The van der Waals surface area contributed by atoms with Crippen LogP contribution in [0, 0.1) is 0 Å². The fourth-order valence-corrected chi connectivity index (χ4v) is 4.31. The number of hydrogen-bond donors (Lipinski definition) is 0. The third-order valence-corrected chi connectivity index (χ3v) is 5.95. The van der Waals surface area contributed by atoms with E-state index >= 15 is 0 Å². The van der Waals surface area contributed by atoms with Crippen molar-refractivity contribution in [3.05, 3.63) is 28.8 Å². The second kappa shape index (κ2) is 7.48. The highest BCUT2D eigenvalue weighted by atomic mass is 35.5. The summed E-state index contributed by atoms with van der Waals surface area (Å²) in [4.78, 5) is 12.5. The van der Waals surface area contributed by atoms with Crippen LogP contribution in [0.4, 0.5) is 18.0 Å². The van der Waals surface area contributed by atoms with Crippen LogP contribution < -0.4 is 0 Å². The number of benzene rings is 1. The number of halogens is 4. The Hall–Kier alpha value is -1.52. The average molecular weight is 429 g/mol. The molecule has 0 atom stereocenters. The maximum Gasteiger partial charge on any atom is 0.417 e. The average Bonchev–Trinajstić information content (AvgIpc) is 2.52. The molecule has 1 fully saturated rings. The molecule has 1 aliphatic heterocycles. The van der Waals surface area contributed by atoms with Crippen molar-refractivity contribution in [1.82, 2.24) is 9.21 Å². The Balaban J connectivity index is 2.20. The van der Waals surface area contributed by atoms with E-state index in [0.29, 0.717) is 6.07 Å². The van der Waals surface area contributed by atoms with Gasteiger partial charge in [0.15, 0.2) is 0 Å². The van der Waals surface area contributed by atoms with Gasteiger partial charge in [-0.3, -0.25) is 0 Å². The number of rotatable bonds is 2. The molecule has 2 rings (SSSR count). The van der Waals surface area contributed by atoms with Crippen LogP contribution in [-0.2, 0) is 20.9 Å². The van der Waals surface area contributed by atoms with Gasteiger partial charge < -0.3 is 9.64 Å². The molecule has 1 saturated heterocycles. The zero-order chi connectivity index (χ0) is 20.6. The molecular weight excluding hydrogens is 409 g/mol. The predicted molar refractivity (Wildman–Crippen MR) is 93.0 cm³/mol. The molecule has 1 aliphatic rings. The van der Waals surface area contributed by atoms with Crippen LogP contribution in [0.5, 0.6) is 0 Å².